The van der Waals surface area contributed by atoms with Crippen LogP contribution in [0, 0.1) is 0 Å². The van der Waals surface area contributed by atoms with Crippen LogP contribution in [0.5, 0.6) is 0 Å². The Morgan fingerprint density at radius 3 is 2.37 bits per heavy atom. The first kappa shape index (κ1) is 15.3. The molecule has 0 aromatic heterocycles. The Morgan fingerprint density at radius 1 is 1.21 bits per heavy atom. The van der Waals surface area contributed by atoms with Crippen molar-refractivity contribution in [1.82, 2.24) is 15.1 Å². The van der Waals surface area contributed by atoms with E-state index in [0.29, 0.717) is 0 Å². The van der Waals surface area contributed by atoms with Crippen molar-refractivity contribution in [3.63, 3.8) is 0 Å². The second-order valence-electron chi connectivity index (χ2n) is 6.59. The van der Waals surface area contributed by atoms with Gasteiger partial charge in [0, 0.05) is 37.3 Å². The zero-order valence-corrected chi connectivity index (χ0v) is 13.4. The van der Waals surface area contributed by atoms with Crippen molar-refractivity contribution in [2.45, 2.75) is 77.0 Å². The third-order valence-electron chi connectivity index (χ3n) is 5.43. The van der Waals surface area contributed by atoms with Gasteiger partial charge < -0.3 is 10.2 Å². The third kappa shape index (κ3) is 3.71. The number of rotatable bonds is 7. The van der Waals surface area contributed by atoms with Gasteiger partial charge in [-0.15, -0.1) is 0 Å². The summed E-state index contributed by atoms with van der Waals surface area (Å²) < 4.78 is 0. The summed E-state index contributed by atoms with van der Waals surface area (Å²) in [5.74, 6) is 0. The highest BCUT2D eigenvalue weighted by atomic mass is 15.3. The molecule has 2 fully saturated rings. The monoisotopic (exact) mass is 267 g/mol. The Kier molecular flexibility index (Phi) is 5.67. The Balaban J connectivity index is 1.80. The van der Waals surface area contributed by atoms with E-state index in [1.54, 1.807) is 0 Å². The van der Waals surface area contributed by atoms with Gasteiger partial charge in [0.1, 0.15) is 0 Å². The molecular weight excluding hydrogens is 234 g/mol. The van der Waals surface area contributed by atoms with E-state index in [1.165, 1.54) is 45.2 Å². The summed E-state index contributed by atoms with van der Waals surface area (Å²) >= 11 is 0. The predicted octanol–water partition coefficient (Wildman–Crippen LogP) is 2.32. The Morgan fingerprint density at radius 2 is 1.84 bits per heavy atom. The van der Waals surface area contributed by atoms with Crippen molar-refractivity contribution in [3.8, 4) is 0 Å². The van der Waals surface area contributed by atoms with Crippen molar-refractivity contribution in [3.05, 3.63) is 0 Å². The summed E-state index contributed by atoms with van der Waals surface area (Å²) in [5.41, 5.74) is 0. The zero-order valence-electron chi connectivity index (χ0n) is 13.4. The number of nitrogens with zero attached hydrogens (tertiary/aromatic N) is 2. The molecule has 3 heteroatoms. The SMILES string of the molecule is CCNC1CC2CCC(C1)N2CCN(C)C(C)CC. The van der Waals surface area contributed by atoms with Crippen LogP contribution >= 0.6 is 0 Å². The van der Waals surface area contributed by atoms with Crippen LogP contribution in [0.2, 0.25) is 0 Å². The van der Waals surface area contributed by atoms with Crippen LogP contribution in [0.4, 0.5) is 0 Å². The molecule has 1 N–H and O–H groups in total. The van der Waals surface area contributed by atoms with Crippen molar-refractivity contribution in [2.75, 3.05) is 26.7 Å². The molecule has 0 radical (unpaired) electrons. The average Bonchev–Trinajstić information content (AvgIpc) is 2.65. The summed E-state index contributed by atoms with van der Waals surface area (Å²) in [6.07, 6.45) is 6.86. The molecule has 0 amide bonds. The molecule has 19 heavy (non-hydrogen) atoms. The number of piperidine rings is 1. The highest BCUT2D eigenvalue weighted by Crippen LogP contribution is 2.35. The van der Waals surface area contributed by atoms with Gasteiger partial charge in [0.25, 0.3) is 0 Å². The second kappa shape index (κ2) is 7.05. The molecule has 2 bridgehead atoms. The van der Waals surface area contributed by atoms with Gasteiger partial charge in [0.2, 0.25) is 0 Å². The molecule has 2 rings (SSSR count). The fourth-order valence-electron chi connectivity index (χ4n) is 3.90. The largest absolute Gasteiger partial charge is 0.314 e. The standard InChI is InChI=1S/C16H33N3/c1-5-13(3)18(4)9-10-19-15-7-8-16(19)12-14(11-15)17-6-2/h13-17H,5-12H2,1-4H3. The molecule has 2 heterocycles. The molecule has 2 saturated heterocycles. The zero-order chi connectivity index (χ0) is 13.8. The van der Waals surface area contributed by atoms with Crippen LogP contribution in [0.25, 0.3) is 0 Å². The number of fused-ring (bicyclic) bond motifs is 2. The summed E-state index contributed by atoms with van der Waals surface area (Å²) in [7, 11) is 2.28. The van der Waals surface area contributed by atoms with E-state index in [2.05, 4.69) is 42.9 Å². The van der Waals surface area contributed by atoms with Gasteiger partial charge in [-0.2, -0.15) is 0 Å². The molecule has 0 aromatic carbocycles. The maximum Gasteiger partial charge on any atom is 0.0115 e. The molecule has 0 aromatic rings. The Hall–Kier alpha value is -0.120. The van der Waals surface area contributed by atoms with Gasteiger partial charge in [-0.25, -0.2) is 0 Å². The number of likely N-dealkylation sites (N-methyl/N-ethyl adjacent to an activating group) is 1. The van der Waals surface area contributed by atoms with E-state index >= 15 is 0 Å². The normalized spacial score (nSPS) is 33.0. The molecular formula is C16H33N3. The first-order valence-corrected chi connectivity index (χ1v) is 8.35. The summed E-state index contributed by atoms with van der Waals surface area (Å²) in [4.78, 5) is 5.34. The van der Waals surface area contributed by atoms with Crippen LogP contribution in [-0.4, -0.2) is 60.6 Å². The molecule has 2 aliphatic heterocycles. The van der Waals surface area contributed by atoms with E-state index in [-0.39, 0.29) is 0 Å². The Labute approximate surface area is 119 Å². The van der Waals surface area contributed by atoms with E-state index in [4.69, 9.17) is 0 Å². The molecule has 2 aliphatic rings. The lowest BCUT2D eigenvalue weighted by molar-refractivity contribution is 0.0984. The summed E-state index contributed by atoms with van der Waals surface area (Å²) in [6, 6.07) is 3.21. The first-order chi connectivity index (χ1) is 9.15. The molecule has 3 unspecified atom stereocenters. The maximum absolute atomic E-state index is 3.66. The number of hydrogen-bond donors (Lipinski definition) is 1. The lowest BCUT2D eigenvalue weighted by atomic mass is 9.97. The fourth-order valence-corrected chi connectivity index (χ4v) is 3.90. The number of hydrogen-bond acceptors (Lipinski definition) is 3. The van der Waals surface area contributed by atoms with Crippen LogP contribution < -0.4 is 5.32 Å². The fraction of sp³-hybridized carbons (Fsp3) is 1.00. The van der Waals surface area contributed by atoms with E-state index in [1.807, 2.05) is 0 Å². The van der Waals surface area contributed by atoms with Crippen molar-refractivity contribution in [1.29, 1.82) is 0 Å². The highest BCUT2D eigenvalue weighted by Gasteiger charge is 2.39. The van der Waals surface area contributed by atoms with Gasteiger partial charge in [0.15, 0.2) is 0 Å². The van der Waals surface area contributed by atoms with E-state index in [9.17, 15) is 0 Å². The predicted molar refractivity (Wildman–Crippen MR) is 82.6 cm³/mol. The molecule has 3 atom stereocenters. The van der Waals surface area contributed by atoms with Gasteiger partial charge in [-0.3, -0.25) is 4.90 Å². The summed E-state index contributed by atoms with van der Waals surface area (Å²) in [6.45, 7) is 10.5. The summed E-state index contributed by atoms with van der Waals surface area (Å²) in [5, 5.41) is 3.66. The van der Waals surface area contributed by atoms with E-state index in [0.717, 1.165) is 30.7 Å². The number of nitrogens with one attached hydrogen (secondary N) is 1. The minimum absolute atomic E-state index is 0.719. The second-order valence-corrected chi connectivity index (χ2v) is 6.59. The van der Waals surface area contributed by atoms with Crippen molar-refractivity contribution >= 4 is 0 Å². The van der Waals surface area contributed by atoms with Crippen LogP contribution in [-0.2, 0) is 0 Å². The van der Waals surface area contributed by atoms with Crippen molar-refractivity contribution < 1.29 is 0 Å². The van der Waals surface area contributed by atoms with Gasteiger partial charge in [-0.05, 0) is 52.6 Å². The van der Waals surface area contributed by atoms with Crippen molar-refractivity contribution in [2.24, 2.45) is 0 Å². The molecule has 3 nitrogen and oxygen atoms in total. The van der Waals surface area contributed by atoms with Crippen LogP contribution in [0.3, 0.4) is 0 Å². The van der Waals surface area contributed by atoms with Gasteiger partial charge in [-0.1, -0.05) is 13.8 Å². The minimum atomic E-state index is 0.719. The maximum atomic E-state index is 3.66. The average molecular weight is 267 g/mol. The van der Waals surface area contributed by atoms with Crippen LogP contribution in [0.15, 0.2) is 0 Å². The van der Waals surface area contributed by atoms with E-state index < -0.39 is 0 Å². The lowest BCUT2D eigenvalue weighted by Gasteiger charge is -2.40. The first-order valence-electron chi connectivity index (χ1n) is 8.35. The smallest absolute Gasteiger partial charge is 0.0115 e. The van der Waals surface area contributed by atoms with Crippen LogP contribution in [0.1, 0.15) is 52.9 Å². The molecule has 0 aliphatic carbocycles. The molecule has 112 valence electrons. The topological polar surface area (TPSA) is 18.5 Å². The highest BCUT2D eigenvalue weighted by molar-refractivity contribution is 4.97. The Bertz CT molecular complexity index is 255. The lowest BCUT2D eigenvalue weighted by Crippen LogP contribution is -2.51. The molecule has 0 saturated carbocycles. The third-order valence-corrected chi connectivity index (χ3v) is 5.43. The van der Waals surface area contributed by atoms with Gasteiger partial charge in [0.05, 0.1) is 0 Å². The quantitative estimate of drug-likeness (QED) is 0.764. The molecule has 0 spiro atoms. The van der Waals surface area contributed by atoms with Gasteiger partial charge >= 0.3 is 0 Å². The minimum Gasteiger partial charge on any atom is -0.314 e.